The summed E-state index contributed by atoms with van der Waals surface area (Å²) in [6.07, 6.45) is 0. The predicted octanol–water partition coefficient (Wildman–Crippen LogP) is 20.9. The fourth-order valence-corrected chi connectivity index (χ4v) is 44.0. The van der Waals surface area contributed by atoms with Crippen molar-refractivity contribution in [1.82, 2.24) is 0 Å². The standard InChI is InChI=1S/C112H96O12Si4/c1-65-17-33-73(34-18-65)81-57-105-89(49-97(81)113-9)90-50-98(114-10)82(74-35-19-66(2)20-36-74)58-106(90)125(105)121-126(107-59-83(75-37-21-67(3)22-38-75)99(115-11)51-91(107)92-52-100(116-12)84(60-108(92)126)76-39-23-68(4)24-40-76)123-128(111-63-87(79-45-29-71(7)30-46-79)103(119-15)55-95(111)96-56-104(120-16)88(64-112(96)128)80-47-31-72(8)32-48-80)124-127(122-125)109-61-85(77-41-25-69(5)26-42-77)101(117-13)53-93(109)94-54-102(118-14)86(62-110(94)127)78-43-27-70(6)28-44-78/h17-64H,1-16H3. The first kappa shape index (κ1) is 81.7. The topological polar surface area (TPSA) is 111 Å². The van der Waals surface area contributed by atoms with E-state index in [1.165, 1.54) is 0 Å². The van der Waals surface area contributed by atoms with Gasteiger partial charge in [-0.2, -0.15) is 0 Å². The summed E-state index contributed by atoms with van der Waals surface area (Å²) in [5, 5.41) is 6.48. The Bertz CT molecular complexity index is 5920. The van der Waals surface area contributed by atoms with Crippen molar-refractivity contribution in [2.24, 2.45) is 0 Å². The number of hydrogen-bond donors (Lipinski definition) is 0. The van der Waals surface area contributed by atoms with Gasteiger partial charge in [0, 0.05) is 86.0 Å². The molecule has 16 heteroatoms. The Morgan fingerprint density at radius 2 is 0.242 bits per heavy atom. The molecule has 5 aliphatic rings. The summed E-state index contributed by atoms with van der Waals surface area (Å²) < 4.78 is 95.1. The van der Waals surface area contributed by atoms with Crippen LogP contribution in [0.15, 0.2) is 291 Å². The van der Waals surface area contributed by atoms with Crippen LogP contribution in [0.2, 0.25) is 0 Å². The van der Waals surface area contributed by atoms with Gasteiger partial charge in [0.15, 0.2) is 0 Å². The first-order valence-corrected chi connectivity index (χ1v) is 50.6. The van der Waals surface area contributed by atoms with Crippen LogP contribution in [0, 0.1) is 55.4 Å². The molecule has 0 atom stereocenters. The third kappa shape index (κ3) is 12.8. The summed E-state index contributed by atoms with van der Waals surface area (Å²) >= 11 is 0. The number of hydrogen-bond acceptors (Lipinski definition) is 12. The van der Waals surface area contributed by atoms with Crippen molar-refractivity contribution in [1.29, 1.82) is 0 Å². The van der Waals surface area contributed by atoms with Crippen LogP contribution >= 0.6 is 0 Å². The Hall–Kier alpha value is -13.4. The maximum absolute atomic E-state index is 10.1. The zero-order valence-electron chi connectivity index (χ0n) is 74.6. The fraction of sp³-hybridized carbons (Fsp3) is 0.143. The normalized spacial score (nSPS) is 14.4. The summed E-state index contributed by atoms with van der Waals surface area (Å²) in [6.45, 7) is 17.0. The van der Waals surface area contributed by atoms with E-state index in [0.29, 0.717) is 46.0 Å². The monoisotopic (exact) mass is 1740 g/mol. The Kier molecular flexibility index (Phi) is 20.0. The second-order valence-electron chi connectivity index (χ2n) is 34.6. The van der Waals surface area contributed by atoms with Crippen molar-refractivity contribution in [3.63, 3.8) is 0 Å². The van der Waals surface area contributed by atoms with Gasteiger partial charge in [0.05, 0.1) is 56.9 Å². The Morgan fingerprint density at radius 3 is 0.336 bits per heavy atom. The van der Waals surface area contributed by atoms with Gasteiger partial charge in [0.2, 0.25) is 0 Å². The lowest BCUT2D eigenvalue weighted by atomic mass is 9.96. The Morgan fingerprint density at radius 1 is 0.141 bits per heavy atom. The minimum atomic E-state index is -5.12. The zero-order chi connectivity index (χ0) is 88.1. The van der Waals surface area contributed by atoms with E-state index in [9.17, 15) is 16.5 Å². The lowest BCUT2D eigenvalue weighted by Gasteiger charge is -2.51. The highest BCUT2D eigenvalue weighted by molar-refractivity contribution is 7.19. The van der Waals surface area contributed by atoms with Crippen molar-refractivity contribution in [3.8, 4) is 180 Å². The number of ether oxygens (including phenoxy) is 8. The molecule has 4 spiro atoms. The highest BCUT2D eigenvalue weighted by atomic mass is 28.5. The maximum atomic E-state index is 10.1. The minimum absolute atomic E-state index is 0.649. The van der Waals surface area contributed by atoms with Crippen molar-refractivity contribution in [2.75, 3.05) is 56.9 Å². The summed E-state index contributed by atoms with van der Waals surface area (Å²) in [7, 11) is -6.38. The zero-order valence-corrected chi connectivity index (χ0v) is 78.6. The third-order valence-electron chi connectivity index (χ3n) is 26.8. The molecule has 0 radical (unpaired) electrons. The number of fused-ring (bicyclic) bond motifs is 20. The molecule has 5 aliphatic heterocycles. The number of methoxy groups -OCH3 is 8. The molecule has 0 amide bonds. The van der Waals surface area contributed by atoms with Crippen LogP contribution in [0.5, 0.6) is 46.0 Å². The highest BCUT2D eigenvalue weighted by Gasteiger charge is 2.74. The summed E-state index contributed by atoms with van der Waals surface area (Å²) in [5.41, 5.74) is 29.6. The van der Waals surface area contributed by atoms with Gasteiger partial charge in [0.25, 0.3) is 0 Å². The molecule has 0 aliphatic carbocycles. The molecule has 1 fully saturated rings. The lowest BCUT2D eigenvalue weighted by molar-refractivity contribution is 0.270. The molecular formula is C112H96O12Si4. The van der Waals surface area contributed by atoms with E-state index in [0.717, 1.165) is 220 Å². The molecule has 21 rings (SSSR count). The van der Waals surface area contributed by atoms with Crippen LogP contribution in [0.4, 0.5) is 0 Å². The van der Waals surface area contributed by atoms with E-state index in [2.05, 4.69) is 347 Å². The molecule has 16 aromatic carbocycles. The second kappa shape index (κ2) is 31.3. The van der Waals surface area contributed by atoms with Crippen LogP contribution < -0.4 is 79.4 Å². The van der Waals surface area contributed by atoms with Crippen molar-refractivity contribution in [3.05, 3.63) is 336 Å². The molecule has 128 heavy (non-hydrogen) atoms. The summed E-state index contributed by atoms with van der Waals surface area (Å²) in [6, 6.07) is 106. The molecular weight excluding hydrogens is 1650 g/mol. The fourth-order valence-electron chi connectivity index (χ4n) is 20.0. The van der Waals surface area contributed by atoms with Crippen LogP contribution in [0.3, 0.4) is 0 Å². The van der Waals surface area contributed by atoms with Gasteiger partial charge < -0.3 is 54.4 Å². The highest BCUT2D eigenvalue weighted by Crippen LogP contribution is 2.55. The third-order valence-corrected chi connectivity index (χ3v) is 44.9. The molecule has 16 aromatic rings. The predicted molar refractivity (Wildman–Crippen MR) is 526 cm³/mol. The minimum Gasteiger partial charge on any atom is -0.496 e. The number of aryl methyl sites for hydroxylation is 8. The SMILES string of the molecule is COc1cc2c(cc1-c1ccc(C)cc1)[Si]1(O[Si]3(O[Si]4(O[Si]5(O1)c1cc(-c6ccc(C)cc6)c(OC)cc1-c1cc(OC)c(-c6ccc(C)cc6)cc15)c1cc(-c5ccc(C)cc5)c(OC)cc1-c1cc(OC)c(-c5ccc(C)cc5)cc14)c1cc(-c4ccc(C)cc4)c(OC)cc1-c1cc(OC)c(-c4ccc(C)cc4)cc13)c1cc(-c3ccc(C)cc3)c(OC)cc1-2. The van der Waals surface area contributed by atoms with Crippen molar-refractivity contribution >= 4 is 75.7 Å². The largest absolute Gasteiger partial charge is 0.496 e. The van der Waals surface area contributed by atoms with E-state index >= 15 is 0 Å². The van der Waals surface area contributed by atoms with Crippen LogP contribution in [0.1, 0.15) is 44.5 Å². The molecule has 632 valence electrons. The van der Waals surface area contributed by atoms with Gasteiger partial charge in [-0.05, 0) is 241 Å². The Balaban J connectivity index is 1.03. The quantitative estimate of drug-likeness (QED) is 0.0859. The molecule has 12 nitrogen and oxygen atoms in total. The lowest BCUT2D eigenvalue weighted by Crippen LogP contribution is -2.86. The van der Waals surface area contributed by atoms with Crippen molar-refractivity contribution < 1.29 is 54.4 Å². The van der Waals surface area contributed by atoms with Crippen LogP contribution in [0.25, 0.3) is 134 Å². The van der Waals surface area contributed by atoms with Crippen LogP contribution in [-0.2, 0) is 16.5 Å². The number of rotatable bonds is 16. The smallest absolute Gasteiger partial charge is 0.391 e. The van der Waals surface area contributed by atoms with E-state index in [4.69, 9.17) is 37.9 Å². The summed E-state index contributed by atoms with van der Waals surface area (Å²) in [5.74, 6) is 5.19. The van der Waals surface area contributed by atoms with Crippen molar-refractivity contribution in [2.45, 2.75) is 55.4 Å². The Labute approximate surface area is 752 Å². The average molecular weight is 1750 g/mol. The van der Waals surface area contributed by atoms with E-state index in [1.54, 1.807) is 56.9 Å². The molecule has 5 heterocycles. The molecule has 0 saturated carbocycles. The van der Waals surface area contributed by atoms with Gasteiger partial charge in [-0.15, -0.1) is 0 Å². The molecule has 0 N–H and O–H groups in total. The van der Waals surface area contributed by atoms with Gasteiger partial charge >= 0.3 is 34.2 Å². The molecule has 0 bridgehead atoms. The maximum Gasteiger partial charge on any atom is 0.391 e. The second-order valence-corrected chi connectivity index (χ2v) is 47.1. The average Bonchev–Trinajstić information content (AvgIpc) is 1.48. The van der Waals surface area contributed by atoms with E-state index in [-0.39, 0.29) is 0 Å². The van der Waals surface area contributed by atoms with E-state index < -0.39 is 34.2 Å². The molecule has 0 aromatic heterocycles. The number of benzene rings is 16. The summed E-state index contributed by atoms with van der Waals surface area (Å²) in [4.78, 5) is 0. The molecule has 0 unspecified atom stereocenters. The van der Waals surface area contributed by atoms with Gasteiger partial charge in [-0.25, -0.2) is 0 Å². The van der Waals surface area contributed by atoms with E-state index in [1.807, 2.05) is 0 Å². The van der Waals surface area contributed by atoms with Crippen LogP contribution in [-0.4, -0.2) is 91.1 Å². The first-order chi connectivity index (χ1) is 62.1. The van der Waals surface area contributed by atoms with Gasteiger partial charge in [-0.1, -0.05) is 239 Å². The van der Waals surface area contributed by atoms with Gasteiger partial charge in [-0.3, -0.25) is 0 Å². The molecule has 1 saturated heterocycles. The first-order valence-electron chi connectivity index (χ1n) is 43.3. The van der Waals surface area contributed by atoms with Gasteiger partial charge in [0.1, 0.15) is 46.0 Å².